The number of nitrogens with zero attached hydrogens (tertiary/aromatic N) is 3. The number of sulfonamides is 1. The van der Waals surface area contributed by atoms with E-state index < -0.39 is 10.0 Å². The van der Waals surface area contributed by atoms with Gasteiger partial charge < -0.3 is 0 Å². The smallest absolute Gasteiger partial charge is 0.271 e. The summed E-state index contributed by atoms with van der Waals surface area (Å²) >= 11 is 4.40. The molecule has 0 bridgehead atoms. The van der Waals surface area contributed by atoms with Crippen LogP contribution >= 0.6 is 27.3 Å². The first-order valence-electron chi connectivity index (χ1n) is 5.77. The number of hydrogen-bond donors (Lipinski definition) is 1. The molecular formula is C12H9BrN4O2S2. The van der Waals surface area contributed by atoms with Crippen molar-refractivity contribution in [2.24, 2.45) is 0 Å². The molecule has 0 aliphatic heterocycles. The largest absolute Gasteiger partial charge is 0.291 e. The number of halogens is 1. The fourth-order valence-corrected chi connectivity index (χ4v) is 4.69. The van der Waals surface area contributed by atoms with Gasteiger partial charge in [0.25, 0.3) is 10.0 Å². The van der Waals surface area contributed by atoms with Gasteiger partial charge in [-0.15, -0.1) is 11.3 Å². The lowest BCUT2D eigenvalue weighted by Crippen LogP contribution is -2.11. The van der Waals surface area contributed by atoms with Crippen LogP contribution in [0.1, 0.15) is 0 Å². The molecule has 0 aliphatic carbocycles. The molecule has 0 aliphatic rings. The minimum absolute atomic E-state index is 0.244. The highest BCUT2D eigenvalue weighted by Crippen LogP contribution is 2.27. The molecule has 3 heterocycles. The number of nitrogens with one attached hydrogen (secondary N) is 1. The van der Waals surface area contributed by atoms with Crippen LogP contribution in [0.2, 0.25) is 0 Å². The fraction of sp³-hybridized carbons (Fsp3) is 0. The Bertz CT molecular complexity index is 842. The van der Waals surface area contributed by atoms with E-state index in [1.165, 1.54) is 6.20 Å². The molecule has 0 aromatic carbocycles. The molecule has 1 N–H and O–H groups in total. The first-order valence-corrected chi connectivity index (χ1v) is 8.86. The Morgan fingerprint density at radius 3 is 2.67 bits per heavy atom. The maximum absolute atomic E-state index is 12.2. The van der Waals surface area contributed by atoms with Gasteiger partial charge in [0.15, 0.2) is 0 Å². The second-order valence-corrected chi connectivity index (χ2v) is 8.41. The van der Waals surface area contributed by atoms with Crippen molar-refractivity contribution < 1.29 is 8.42 Å². The normalized spacial score (nSPS) is 11.5. The van der Waals surface area contributed by atoms with Gasteiger partial charge in [0.05, 0.1) is 15.7 Å². The highest BCUT2D eigenvalue weighted by molar-refractivity contribution is 9.11. The maximum atomic E-state index is 12.2. The van der Waals surface area contributed by atoms with Gasteiger partial charge in [0.1, 0.15) is 16.4 Å². The Morgan fingerprint density at radius 1 is 1.24 bits per heavy atom. The van der Waals surface area contributed by atoms with E-state index in [0.717, 1.165) is 15.1 Å². The summed E-state index contributed by atoms with van der Waals surface area (Å²) in [6.45, 7) is 0. The summed E-state index contributed by atoms with van der Waals surface area (Å²) in [4.78, 5) is 8.13. The van der Waals surface area contributed by atoms with Crippen molar-refractivity contribution >= 4 is 43.0 Å². The summed E-state index contributed by atoms with van der Waals surface area (Å²) in [6, 6.07) is 6.61. The summed E-state index contributed by atoms with van der Waals surface area (Å²) in [7, 11) is -3.58. The van der Waals surface area contributed by atoms with E-state index in [1.54, 1.807) is 47.6 Å². The first-order chi connectivity index (χ1) is 10.0. The highest BCUT2D eigenvalue weighted by Gasteiger charge is 2.16. The van der Waals surface area contributed by atoms with Crippen molar-refractivity contribution in [1.82, 2.24) is 14.5 Å². The van der Waals surface area contributed by atoms with Gasteiger partial charge in [-0.25, -0.2) is 18.4 Å². The zero-order valence-corrected chi connectivity index (χ0v) is 13.7. The molecule has 0 spiro atoms. The molecule has 9 heteroatoms. The molecule has 0 fully saturated rings. The highest BCUT2D eigenvalue weighted by atomic mass is 79.9. The van der Waals surface area contributed by atoms with Crippen LogP contribution in [0.3, 0.4) is 0 Å². The van der Waals surface area contributed by atoms with Crippen LogP contribution in [-0.4, -0.2) is 23.0 Å². The number of pyridine rings is 1. The van der Waals surface area contributed by atoms with Gasteiger partial charge in [0, 0.05) is 12.4 Å². The molecule has 21 heavy (non-hydrogen) atoms. The minimum atomic E-state index is -3.58. The molecule has 3 aromatic heterocycles. The number of imidazole rings is 1. The van der Waals surface area contributed by atoms with Crippen LogP contribution in [0.15, 0.2) is 57.2 Å². The Balaban J connectivity index is 1.82. The first kappa shape index (κ1) is 14.2. The Labute approximate surface area is 133 Å². The van der Waals surface area contributed by atoms with Crippen LogP contribution in [0.4, 0.5) is 5.69 Å². The molecule has 0 radical (unpaired) electrons. The topological polar surface area (TPSA) is 76.9 Å². The Kier molecular flexibility index (Phi) is 3.79. The van der Waals surface area contributed by atoms with Crippen molar-refractivity contribution in [3.05, 3.63) is 53.0 Å². The number of thiophene rings is 1. The molecule has 108 valence electrons. The maximum Gasteiger partial charge on any atom is 0.271 e. The summed E-state index contributed by atoms with van der Waals surface area (Å²) < 4.78 is 29.6. The van der Waals surface area contributed by atoms with E-state index in [4.69, 9.17) is 0 Å². The van der Waals surface area contributed by atoms with Crippen molar-refractivity contribution in [3.63, 3.8) is 0 Å². The molecule has 6 nitrogen and oxygen atoms in total. The number of anilines is 1. The molecule has 3 rings (SSSR count). The SMILES string of the molecule is O=S(=O)(Nc1ccc(-n2ccnc2)nc1)c1ccc(Br)s1. The monoisotopic (exact) mass is 384 g/mol. The predicted molar refractivity (Wildman–Crippen MR) is 84.2 cm³/mol. The van der Waals surface area contributed by atoms with E-state index in [-0.39, 0.29) is 4.21 Å². The minimum Gasteiger partial charge on any atom is -0.291 e. The van der Waals surface area contributed by atoms with Gasteiger partial charge in [0.2, 0.25) is 0 Å². The van der Waals surface area contributed by atoms with Crippen LogP contribution in [0.5, 0.6) is 0 Å². The molecule has 0 unspecified atom stereocenters. The van der Waals surface area contributed by atoms with Crippen LogP contribution < -0.4 is 4.72 Å². The quantitative estimate of drug-likeness (QED) is 0.749. The standard InChI is InChI=1S/C12H9BrN4O2S2/c13-10-2-4-12(20-10)21(18,19)16-9-1-3-11(15-7-9)17-6-5-14-8-17/h1-8,16H. The zero-order valence-electron chi connectivity index (χ0n) is 10.5. The predicted octanol–water partition coefficient (Wildman–Crippen LogP) is 2.89. The van der Waals surface area contributed by atoms with Crippen molar-refractivity contribution in [2.45, 2.75) is 4.21 Å². The Hall–Kier alpha value is -1.71. The molecular weight excluding hydrogens is 376 g/mol. The summed E-state index contributed by atoms with van der Waals surface area (Å²) in [5.74, 6) is 0.661. The zero-order chi connectivity index (χ0) is 14.9. The van der Waals surface area contributed by atoms with Crippen LogP contribution in [0.25, 0.3) is 5.82 Å². The number of hydrogen-bond acceptors (Lipinski definition) is 5. The second kappa shape index (κ2) is 5.58. The van der Waals surface area contributed by atoms with E-state index >= 15 is 0 Å². The van der Waals surface area contributed by atoms with Gasteiger partial charge in [-0.1, -0.05) is 0 Å². The average Bonchev–Trinajstić information content (AvgIpc) is 3.10. The fourth-order valence-electron chi connectivity index (χ4n) is 1.64. The molecule has 0 saturated carbocycles. The summed E-state index contributed by atoms with van der Waals surface area (Å²) in [6.07, 6.45) is 6.49. The lowest BCUT2D eigenvalue weighted by Gasteiger charge is -2.07. The Morgan fingerprint density at radius 2 is 2.10 bits per heavy atom. The van der Waals surface area contributed by atoms with Gasteiger partial charge in [-0.05, 0) is 40.2 Å². The van der Waals surface area contributed by atoms with Crippen LogP contribution in [-0.2, 0) is 10.0 Å². The van der Waals surface area contributed by atoms with E-state index in [9.17, 15) is 8.42 Å². The molecule has 0 amide bonds. The third kappa shape index (κ3) is 3.14. The summed E-state index contributed by atoms with van der Waals surface area (Å²) in [5, 5.41) is 0. The van der Waals surface area contributed by atoms with E-state index in [2.05, 4.69) is 30.6 Å². The number of aromatic nitrogens is 3. The summed E-state index contributed by atoms with van der Waals surface area (Å²) in [5.41, 5.74) is 0.406. The lowest BCUT2D eigenvalue weighted by atomic mass is 10.4. The number of rotatable bonds is 4. The molecule has 0 atom stereocenters. The average molecular weight is 385 g/mol. The van der Waals surface area contributed by atoms with Crippen LogP contribution in [0, 0.1) is 0 Å². The third-order valence-corrected chi connectivity index (χ3v) is 6.08. The van der Waals surface area contributed by atoms with Gasteiger partial charge in [-0.2, -0.15) is 0 Å². The van der Waals surface area contributed by atoms with Crippen molar-refractivity contribution in [1.29, 1.82) is 0 Å². The molecule has 0 saturated heterocycles. The third-order valence-electron chi connectivity index (χ3n) is 2.58. The van der Waals surface area contributed by atoms with Crippen molar-refractivity contribution in [2.75, 3.05) is 4.72 Å². The van der Waals surface area contributed by atoms with Gasteiger partial charge >= 0.3 is 0 Å². The second-order valence-electron chi connectivity index (χ2n) is 4.04. The molecule has 3 aromatic rings. The van der Waals surface area contributed by atoms with E-state index in [1.807, 2.05) is 0 Å². The lowest BCUT2D eigenvalue weighted by molar-refractivity contribution is 0.603. The van der Waals surface area contributed by atoms with Crippen molar-refractivity contribution in [3.8, 4) is 5.82 Å². The van der Waals surface area contributed by atoms with Gasteiger partial charge in [-0.3, -0.25) is 9.29 Å². The van der Waals surface area contributed by atoms with E-state index in [0.29, 0.717) is 11.5 Å².